The van der Waals surface area contributed by atoms with Crippen molar-refractivity contribution in [2.45, 2.75) is 13.8 Å². The van der Waals surface area contributed by atoms with Gasteiger partial charge >= 0.3 is 5.97 Å². The summed E-state index contributed by atoms with van der Waals surface area (Å²) >= 11 is 1.60. The summed E-state index contributed by atoms with van der Waals surface area (Å²) in [6, 6.07) is 7.58. The summed E-state index contributed by atoms with van der Waals surface area (Å²) < 4.78 is 9.88. The molecule has 1 aromatic carbocycles. The van der Waals surface area contributed by atoms with Gasteiger partial charge in [-0.25, -0.2) is 9.78 Å². The first kappa shape index (κ1) is 18.7. The van der Waals surface area contributed by atoms with Crippen LogP contribution >= 0.6 is 11.3 Å². The van der Waals surface area contributed by atoms with E-state index in [1.807, 2.05) is 61.7 Å². The van der Waals surface area contributed by atoms with Crippen LogP contribution in [-0.2, 0) is 14.3 Å². The van der Waals surface area contributed by atoms with Crippen molar-refractivity contribution in [3.63, 3.8) is 0 Å². The molecule has 0 saturated heterocycles. The molecule has 0 aliphatic carbocycles. The predicted molar refractivity (Wildman–Crippen MR) is 104 cm³/mol. The maximum absolute atomic E-state index is 12.0. The zero-order valence-electron chi connectivity index (χ0n) is 14.8. The van der Waals surface area contributed by atoms with Gasteiger partial charge in [0.25, 0.3) is 0 Å². The molecule has 0 unspecified atom stereocenters. The minimum atomic E-state index is -0.442. The van der Waals surface area contributed by atoms with E-state index in [4.69, 9.17) is 9.47 Å². The standard InChI is InChI=1S/C20H21NO3S/c1-14(2)11-19-21-16(13-25-19)10-9-15-7-5-6-8-17(15)18(12-23-3)20(22)24-4/h5-13H,1-4H3/b10-9+,18-12+. The zero-order valence-corrected chi connectivity index (χ0v) is 15.6. The number of methoxy groups -OCH3 is 2. The fourth-order valence-corrected chi connectivity index (χ4v) is 3.04. The quantitative estimate of drug-likeness (QED) is 0.420. The summed E-state index contributed by atoms with van der Waals surface area (Å²) in [6.45, 7) is 4.09. The molecule has 0 bridgehead atoms. The van der Waals surface area contributed by atoms with E-state index in [0.717, 1.165) is 21.8 Å². The molecule has 4 nitrogen and oxygen atoms in total. The van der Waals surface area contributed by atoms with E-state index in [1.54, 1.807) is 11.3 Å². The van der Waals surface area contributed by atoms with Crippen LogP contribution in [0.15, 0.2) is 41.5 Å². The third kappa shape index (κ3) is 5.16. The number of carbonyl (C=O) groups is 1. The smallest absolute Gasteiger partial charge is 0.341 e. The molecule has 0 spiro atoms. The zero-order chi connectivity index (χ0) is 18.2. The molecular weight excluding hydrogens is 334 g/mol. The van der Waals surface area contributed by atoms with E-state index in [9.17, 15) is 4.79 Å². The molecule has 130 valence electrons. The van der Waals surface area contributed by atoms with E-state index < -0.39 is 5.97 Å². The number of esters is 1. The van der Waals surface area contributed by atoms with E-state index in [2.05, 4.69) is 4.98 Å². The summed E-state index contributed by atoms with van der Waals surface area (Å²) in [7, 11) is 2.85. The molecular formula is C20H21NO3S. The second-order valence-corrected chi connectivity index (χ2v) is 6.40. The number of carbonyl (C=O) groups excluding carboxylic acids is 1. The SMILES string of the molecule is CO/C=C(/C(=O)OC)c1ccccc1/C=C/c1csc(C=C(C)C)n1. The van der Waals surface area contributed by atoms with Crippen LogP contribution in [0.2, 0.25) is 0 Å². The second-order valence-electron chi connectivity index (χ2n) is 5.51. The lowest BCUT2D eigenvalue weighted by Gasteiger charge is -2.08. The molecule has 0 N–H and O–H groups in total. The maximum Gasteiger partial charge on any atom is 0.341 e. The molecule has 0 aliphatic heterocycles. The molecule has 0 amide bonds. The molecule has 0 saturated carbocycles. The van der Waals surface area contributed by atoms with E-state index in [1.165, 1.54) is 26.1 Å². The Morgan fingerprint density at radius 1 is 1.16 bits per heavy atom. The summed E-state index contributed by atoms with van der Waals surface area (Å²) in [5.74, 6) is -0.442. The molecule has 25 heavy (non-hydrogen) atoms. The van der Waals surface area contributed by atoms with Crippen LogP contribution in [0.25, 0.3) is 23.8 Å². The van der Waals surface area contributed by atoms with Crippen LogP contribution in [0.1, 0.15) is 35.7 Å². The highest BCUT2D eigenvalue weighted by molar-refractivity contribution is 7.10. The van der Waals surface area contributed by atoms with Gasteiger partial charge in [0.1, 0.15) is 10.6 Å². The largest absolute Gasteiger partial charge is 0.503 e. The molecule has 2 rings (SSSR count). The normalized spacial score (nSPS) is 11.4. The van der Waals surface area contributed by atoms with Gasteiger partial charge in [-0.1, -0.05) is 35.9 Å². The van der Waals surface area contributed by atoms with Gasteiger partial charge in [-0.05, 0) is 37.1 Å². The second kappa shape index (κ2) is 8.99. The lowest BCUT2D eigenvalue weighted by atomic mass is 10.00. The van der Waals surface area contributed by atoms with E-state index in [0.29, 0.717) is 5.57 Å². The van der Waals surface area contributed by atoms with Crippen LogP contribution in [0, 0.1) is 0 Å². The van der Waals surface area contributed by atoms with Gasteiger partial charge in [0, 0.05) is 5.38 Å². The molecule has 0 aliphatic rings. The molecule has 5 heteroatoms. The first-order valence-corrected chi connectivity index (χ1v) is 8.62. The highest BCUT2D eigenvalue weighted by atomic mass is 32.1. The van der Waals surface area contributed by atoms with Gasteiger partial charge in [-0.15, -0.1) is 11.3 Å². The van der Waals surface area contributed by atoms with Gasteiger partial charge < -0.3 is 9.47 Å². The van der Waals surface area contributed by atoms with Crippen molar-refractivity contribution in [1.29, 1.82) is 0 Å². The molecule has 0 radical (unpaired) electrons. The van der Waals surface area contributed by atoms with Gasteiger partial charge in [0.05, 0.1) is 26.2 Å². The number of hydrogen-bond donors (Lipinski definition) is 0. The van der Waals surface area contributed by atoms with Crippen molar-refractivity contribution < 1.29 is 14.3 Å². The number of nitrogens with zero attached hydrogens (tertiary/aromatic N) is 1. The first-order valence-electron chi connectivity index (χ1n) is 7.74. The molecule has 0 atom stereocenters. The monoisotopic (exact) mass is 355 g/mol. The third-order valence-corrected chi connectivity index (χ3v) is 4.09. The van der Waals surface area contributed by atoms with Gasteiger partial charge in [0.2, 0.25) is 0 Å². The van der Waals surface area contributed by atoms with E-state index in [-0.39, 0.29) is 0 Å². The number of benzene rings is 1. The average molecular weight is 355 g/mol. The Morgan fingerprint density at radius 3 is 2.60 bits per heavy atom. The van der Waals surface area contributed by atoms with Crippen molar-refractivity contribution in [1.82, 2.24) is 4.98 Å². The van der Waals surface area contributed by atoms with E-state index >= 15 is 0 Å². The van der Waals surface area contributed by atoms with Gasteiger partial charge in [0.15, 0.2) is 0 Å². The molecule has 1 aromatic heterocycles. The number of allylic oxidation sites excluding steroid dienone is 1. The Balaban J connectivity index is 2.34. The number of hydrogen-bond acceptors (Lipinski definition) is 5. The van der Waals surface area contributed by atoms with Crippen molar-refractivity contribution in [2.24, 2.45) is 0 Å². The Bertz CT molecular complexity index is 827. The number of thiazole rings is 1. The summed E-state index contributed by atoms with van der Waals surface area (Å²) in [5, 5.41) is 2.97. The Hall–Kier alpha value is -2.66. The van der Waals surface area contributed by atoms with Crippen LogP contribution < -0.4 is 0 Å². The summed E-state index contributed by atoms with van der Waals surface area (Å²) in [5.41, 5.74) is 4.08. The minimum Gasteiger partial charge on any atom is -0.503 e. The average Bonchev–Trinajstić information content (AvgIpc) is 3.04. The van der Waals surface area contributed by atoms with Crippen LogP contribution in [0.3, 0.4) is 0 Å². The number of ether oxygens (including phenoxy) is 2. The van der Waals surface area contributed by atoms with Crippen molar-refractivity contribution >= 4 is 41.1 Å². The maximum atomic E-state index is 12.0. The highest BCUT2D eigenvalue weighted by Crippen LogP contribution is 2.23. The lowest BCUT2D eigenvalue weighted by molar-refractivity contribution is -0.133. The van der Waals surface area contributed by atoms with Crippen LogP contribution in [0.4, 0.5) is 0 Å². The summed E-state index contributed by atoms with van der Waals surface area (Å²) in [4.78, 5) is 16.6. The Labute approximate surface area is 152 Å². The fraction of sp³-hybridized carbons (Fsp3) is 0.200. The van der Waals surface area contributed by atoms with Gasteiger partial charge in [-0.2, -0.15) is 0 Å². The fourth-order valence-electron chi connectivity index (χ4n) is 2.20. The first-order chi connectivity index (χ1) is 12.0. The van der Waals surface area contributed by atoms with Crippen molar-refractivity contribution in [3.8, 4) is 0 Å². The predicted octanol–water partition coefficient (Wildman–Crippen LogP) is 4.90. The Kier molecular flexibility index (Phi) is 6.71. The van der Waals surface area contributed by atoms with Crippen LogP contribution in [0.5, 0.6) is 0 Å². The van der Waals surface area contributed by atoms with Crippen molar-refractivity contribution in [2.75, 3.05) is 14.2 Å². The topological polar surface area (TPSA) is 48.4 Å². The molecule has 1 heterocycles. The molecule has 2 aromatic rings. The van der Waals surface area contributed by atoms with Gasteiger partial charge in [-0.3, -0.25) is 0 Å². The number of rotatable bonds is 6. The Morgan fingerprint density at radius 2 is 1.92 bits per heavy atom. The summed E-state index contributed by atoms with van der Waals surface area (Å²) in [6.07, 6.45) is 7.31. The number of aromatic nitrogens is 1. The van der Waals surface area contributed by atoms with Crippen LogP contribution in [-0.4, -0.2) is 25.2 Å². The van der Waals surface area contributed by atoms with Crippen molar-refractivity contribution in [3.05, 3.63) is 63.3 Å². The minimum absolute atomic E-state index is 0.369. The lowest BCUT2D eigenvalue weighted by Crippen LogP contribution is -2.05. The molecule has 0 fully saturated rings. The highest BCUT2D eigenvalue weighted by Gasteiger charge is 2.15. The third-order valence-electron chi connectivity index (χ3n) is 3.28.